The third-order valence-electron chi connectivity index (χ3n) is 4.38. The number of hydrogen-bond acceptors (Lipinski definition) is 6. The quantitative estimate of drug-likeness (QED) is 0.710. The van der Waals surface area contributed by atoms with Crippen molar-refractivity contribution in [2.45, 2.75) is 6.92 Å². The van der Waals surface area contributed by atoms with E-state index in [2.05, 4.69) is 20.0 Å². The molecule has 25 heavy (non-hydrogen) atoms. The Morgan fingerprint density at radius 2 is 1.88 bits per heavy atom. The second kappa shape index (κ2) is 6.02. The molecule has 1 saturated heterocycles. The fraction of sp³-hybridized carbons (Fsp3) is 0.294. The highest BCUT2D eigenvalue weighted by molar-refractivity contribution is 5.54. The van der Waals surface area contributed by atoms with Crippen LogP contribution in [0, 0.1) is 24.1 Å². The van der Waals surface area contributed by atoms with E-state index < -0.39 is 0 Å². The Hall–Kier alpha value is -3.21. The molecular weight excluding hydrogens is 321 g/mol. The van der Waals surface area contributed by atoms with E-state index >= 15 is 0 Å². The number of fused-ring (bicyclic) bond motifs is 1. The lowest BCUT2D eigenvalue weighted by Gasteiger charge is -2.37. The molecule has 1 fully saturated rings. The maximum atomic E-state index is 14.2. The average molecular weight is 337 g/mol. The minimum atomic E-state index is -0.356. The van der Waals surface area contributed by atoms with Gasteiger partial charge in [0.1, 0.15) is 18.0 Å². The predicted molar refractivity (Wildman–Crippen MR) is 91.1 cm³/mol. The Bertz CT molecular complexity index is 967. The summed E-state index contributed by atoms with van der Waals surface area (Å²) in [6.07, 6.45) is 1.49. The largest absolute Gasteiger partial charge is 0.366 e. The van der Waals surface area contributed by atoms with E-state index in [1.165, 1.54) is 12.4 Å². The van der Waals surface area contributed by atoms with Crippen LogP contribution in [0.1, 0.15) is 11.3 Å². The number of halogens is 1. The van der Waals surface area contributed by atoms with Crippen LogP contribution in [0.25, 0.3) is 5.78 Å². The summed E-state index contributed by atoms with van der Waals surface area (Å²) in [4.78, 5) is 12.7. The van der Waals surface area contributed by atoms with E-state index in [0.29, 0.717) is 30.1 Å². The highest BCUT2D eigenvalue weighted by Crippen LogP contribution is 2.24. The van der Waals surface area contributed by atoms with Crippen molar-refractivity contribution in [1.29, 1.82) is 5.26 Å². The zero-order chi connectivity index (χ0) is 17.4. The van der Waals surface area contributed by atoms with Crippen molar-refractivity contribution in [2.75, 3.05) is 36.0 Å². The van der Waals surface area contributed by atoms with Gasteiger partial charge in [-0.2, -0.15) is 19.9 Å². The molecule has 0 atom stereocenters. The Balaban J connectivity index is 1.55. The first-order valence-electron chi connectivity index (χ1n) is 8.02. The molecule has 8 heteroatoms. The lowest BCUT2D eigenvalue weighted by atomic mass is 10.2. The molecule has 126 valence electrons. The fourth-order valence-electron chi connectivity index (χ4n) is 3.15. The van der Waals surface area contributed by atoms with Gasteiger partial charge < -0.3 is 9.80 Å². The number of nitriles is 1. The van der Waals surface area contributed by atoms with Crippen LogP contribution in [0.3, 0.4) is 0 Å². The highest BCUT2D eigenvalue weighted by Gasteiger charge is 2.22. The summed E-state index contributed by atoms with van der Waals surface area (Å²) in [6.45, 7) is 4.76. The van der Waals surface area contributed by atoms with Crippen LogP contribution in [0.15, 0.2) is 30.6 Å². The summed E-state index contributed by atoms with van der Waals surface area (Å²) in [5, 5.41) is 13.1. The number of piperazine rings is 1. The number of aryl methyl sites for hydroxylation is 1. The van der Waals surface area contributed by atoms with E-state index in [1.807, 2.05) is 24.0 Å². The molecule has 0 saturated carbocycles. The SMILES string of the molecule is Cc1cc(N2CCN(c3ccc(C#N)cc3F)CC2)n2ncnc2n1. The molecule has 0 N–H and O–H groups in total. The first-order valence-corrected chi connectivity index (χ1v) is 8.02. The van der Waals surface area contributed by atoms with Crippen molar-refractivity contribution < 1.29 is 4.39 Å². The van der Waals surface area contributed by atoms with Gasteiger partial charge in [0.05, 0.1) is 17.3 Å². The molecular formula is C17H16FN7. The summed E-state index contributed by atoms with van der Waals surface area (Å²) < 4.78 is 16.0. The average Bonchev–Trinajstić information content (AvgIpc) is 3.09. The topological polar surface area (TPSA) is 73.3 Å². The standard InChI is InChI=1S/C17H16FN7/c1-12-8-16(25-17(22-12)20-11-21-25)24-6-4-23(5-7-24)15-3-2-13(10-19)9-14(15)18/h2-3,8-9,11H,4-7H2,1H3. The summed E-state index contributed by atoms with van der Waals surface area (Å²) >= 11 is 0. The number of nitrogens with zero attached hydrogens (tertiary/aromatic N) is 7. The summed E-state index contributed by atoms with van der Waals surface area (Å²) in [6, 6.07) is 8.55. The molecule has 0 radical (unpaired) electrons. The van der Waals surface area contributed by atoms with Crippen LogP contribution in [0.5, 0.6) is 0 Å². The normalized spacial score (nSPS) is 14.8. The summed E-state index contributed by atoms with van der Waals surface area (Å²) in [7, 11) is 0. The molecule has 4 rings (SSSR count). The molecule has 2 aromatic heterocycles. The second-order valence-corrected chi connectivity index (χ2v) is 5.98. The minimum absolute atomic E-state index is 0.334. The zero-order valence-electron chi connectivity index (χ0n) is 13.7. The van der Waals surface area contributed by atoms with Crippen molar-refractivity contribution in [3.63, 3.8) is 0 Å². The van der Waals surface area contributed by atoms with Crippen LogP contribution < -0.4 is 9.80 Å². The molecule has 0 aliphatic carbocycles. The lowest BCUT2D eigenvalue weighted by Crippen LogP contribution is -2.47. The van der Waals surface area contributed by atoms with Gasteiger partial charge in [-0.3, -0.25) is 0 Å². The van der Waals surface area contributed by atoms with Gasteiger partial charge in [-0.05, 0) is 25.1 Å². The molecule has 7 nitrogen and oxygen atoms in total. The molecule has 0 spiro atoms. The van der Waals surface area contributed by atoms with Gasteiger partial charge >= 0.3 is 0 Å². The van der Waals surface area contributed by atoms with Crippen molar-refractivity contribution in [1.82, 2.24) is 19.6 Å². The van der Waals surface area contributed by atoms with E-state index in [9.17, 15) is 4.39 Å². The fourth-order valence-corrected chi connectivity index (χ4v) is 3.15. The van der Waals surface area contributed by atoms with E-state index in [1.54, 1.807) is 16.6 Å². The smallest absolute Gasteiger partial charge is 0.254 e. The molecule has 1 aliphatic rings. The van der Waals surface area contributed by atoms with Gasteiger partial charge in [0, 0.05) is 37.9 Å². The number of rotatable bonds is 2. The molecule has 3 aromatic rings. The monoisotopic (exact) mass is 337 g/mol. The van der Waals surface area contributed by atoms with E-state index in [-0.39, 0.29) is 5.82 Å². The van der Waals surface area contributed by atoms with E-state index in [4.69, 9.17) is 5.26 Å². The van der Waals surface area contributed by atoms with Crippen molar-refractivity contribution in [2.24, 2.45) is 0 Å². The maximum Gasteiger partial charge on any atom is 0.254 e. The van der Waals surface area contributed by atoms with Crippen molar-refractivity contribution in [3.8, 4) is 6.07 Å². The molecule has 0 amide bonds. The van der Waals surface area contributed by atoms with Crippen molar-refractivity contribution in [3.05, 3.63) is 47.7 Å². The Labute approximate surface area is 143 Å². The van der Waals surface area contributed by atoms with Gasteiger partial charge in [0.15, 0.2) is 0 Å². The van der Waals surface area contributed by atoms with Crippen LogP contribution in [-0.2, 0) is 0 Å². The molecule has 0 unspecified atom stereocenters. The summed E-state index contributed by atoms with van der Waals surface area (Å²) in [5.74, 6) is 1.17. The first kappa shape index (κ1) is 15.3. The third-order valence-corrected chi connectivity index (χ3v) is 4.38. The maximum absolute atomic E-state index is 14.2. The minimum Gasteiger partial charge on any atom is -0.366 e. The molecule has 0 bridgehead atoms. The Kier molecular flexibility index (Phi) is 3.69. The third kappa shape index (κ3) is 2.74. The molecule has 3 heterocycles. The molecule has 1 aliphatic heterocycles. The van der Waals surface area contributed by atoms with Crippen LogP contribution in [0.2, 0.25) is 0 Å². The lowest BCUT2D eigenvalue weighted by molar-refractivity contribution is 0.593. The van der Waals surface area contributed by atoms with Gasteiger partial charge in [0.25, 0.3) is 5.78 Å². The first-order chi connectivity index (χ1) is 12.2. The second-order valence-electron chi connectivity index (χ2n) is 5.98. The predicted octanol–water partition coefficient (Wildman–Crippen LogP) is 1.77. The van der Waals surface area contributed by atoms with Crippen LogP contribution in [-0.4, -0.2) is 45.8 Å². The van der Waals surface area contributed by atoms with E-state index in [0.717, 1.165) is 24.6 Å². The van der Waals surface area contributed by atoms with Crippen LogP contribution >= 0.6 is 0 Å². The molecule has 1 aromatic carbocycles. The summed E-state index contributed by atoms with van der Waals surface area (Å²) in [5.41, 5.74) is 1.76. The van der Waals surface area contributed by atoms with Crippen LogP contribution in [0.4, 0.5) is 15.9 Å². The van der Waals surface area contributed by atoms with Gasteiger partial charge in [-0.1, -0.05) is 0 Å². The zero-order valence-corrected chi connectivity index (χ0v) is 13.7. The Morgan fingerprint density at radius 3 is 2.60 bits per heavy atom. The number of aromatic nitrogens is 4. The Morgan fingerprint density at radius 1 is 1.12 bits per heavy atom. The van der Waals surface area contributed by atoms with Gasteiger partial charge in [0.2, 0.25) is 0 Å². The van der Waals surface area contributed by atoms with Gasteiger partial charge in [-0.25, -0.2) is 9.37 Å². The number of hydrogen-bond donors (Lipinski definition) is 0. The number of benzene rings is 1. The van der Waals surface area contributed by atoms with Crippen molar-refractivity contribution >= 4 is 17.3 Å². The number of anilines is 2. The highest BCUT2D eigenvalue weighted by atomic mass is 19.1. The van der Waals surface area contributed by atoms with Gasteiger partial charge in [-0.15, -0.1) is 0 Å².